The first-order valence-corrected chi connectivity index (χ1v) is 9.47. The maximum Gasteiger partial charge on any atom is 0.231 e. The van der Waals surface area contributed by atoms with Gasteiger partial charge in [0.25, 0.3) is 0 Å². The lowest BCUT2D eigenvalue weighted by atomic mass is 9.99. The Kier molecular flexibility index (Phi) is 5.82. The largest absolute Gasteiger partial charge is 0.492 e. The summed E-state index contributed by atoms with van der Waals surface area (Å²) < 4.78 is 5.90. The van der Waals surface area contributed by atoms with E-state index in [0.717, 1.165) is 23.5 Å². The molecule has 138 valence electrons. The van der Waals surface area contributed by atoms with Gasteiger partial charge in [-0.1, -0.05) is 45.0 Å². The van der Waals surface area contributed by atoms with Gasteiger partial charge in [0.1, 0.15) is 12.4 Å². The molecule has 1 aliphatic rings. The standard InChI is InChI=1S/C22H28N2O2/c1-4-16(2)18-9-11-19(12-10-18)26-14-13-24-21-8-6-5-7-20(21)23-15-17(3)22(24)25/h5-12,16-17,23H,4,13-15H2,1-3H3/t16-,17+/m1/s1. The van der Waals surface area contributed by atoms with Crippen molar-refractivity contribution in [1.82, 2.24) is 0 Å². The van der Waals surface area contributed by atoms with Crippen LogP contribution in [0.1, 0.15) is 38.7 Å². The van der Waals surface area contributed by atoms with E-state index >= 15 is 0 Å². The fourth-order valence-corrected chi connectivity index (χ4v) is 3.21. The number of nitrogens with one attached hydrogen (secondary N) is 1. The van der Waals surface area contributed by atoms with E-state index in [1.54, 1.807) is 0 Å². The summed E-state index contributed by atoms with van der Waals surface area (Å²) in [6, 6.07) is 16.2. The molecule has 0 spiro atoms. The summed E-state index contributed by atoms with van der Waals surface area (Å²) in [5.74, 6) is 1.48. The third-order valence-corrected chi connectivity index (χ3v) is 5.13. The number of nitrogens with zero attached hydrogens (tertiary/aromatic N) is 1. The lowest BCUT2D eigenvalue weighted by Crippen LogP contribution is -2.38. The number of benzene rings is 2. The summed E-state index contributed by atoms with van der Waals surface area (Å²) >= 11 is 0. The molecular formula is C22H28N2O2. The van der Waals surface area contributed by atoms with Gasteiger partial charge >= 0.3 is 0 Å². The van der Waals surface area contributed by atoms with Gasteiger partial charge in [0, 0.05) is 6.54 Å². The van der Waals surface area contributed by atoms with Crippen LogP contribution in [0, 0.1) is 5.92 Å². The number of rotatable bonds is 6. The molecule has 0 saturated heterocycles. The first-order valence-electron chi connectivity index (χ1n) is 9.47. The normalized spacial score (nSPS) is 17.9. The van der Waals surface area contributed by atoms with E-state index in [4.69, 9.17) is 4.74 Å². The quantitative estimate of drug-likeness (QED) is 0.821. The molecule has 26 heavy (non-hydrogen) atoms. The van der Waals surface area contributed by atoms with Crippen molar-refractivity contribution in [3.05, 3.63) is 54.1 Å². The van der Waals surface area contributed by atoms with Gasteiger partial charge in [0.05, 0.1) is 23.8 Å². The molecule has 0 bridgehead atoms. The Labute approximate surface area is 156 Å². The lowest BCUT2D eigenvalue weighted by Gasteiger charge is -2.24. The van der Waals surface area contributed by atoms with Gasteiger partial charge in [-0.05, 0) is 42.2 Å². The second-order valence-corrected chi connectivity index (χ2v) is 7.02. The van der Waals surface area contributed by atoms with Crippen molar-refractivity contribution in [3.8, 4) is 5.75 Å². The van der Waals surface area contributed by atoms with Crippen LogP contribution in [0.2, 0.25) is 0 Å². The van der Waals surface area contributed by atoms with Crippen LogP contribution in [0.4, 0.5) is 11.4 Å². The van der Waals surface area contributed by atoms with Crippen LogP contribution in [-0.4, -0.2) is 25.6 Å². The van der Waals surface area contributed by atoms with Gasteiger partial charge in [0.2, 0.25) is 5.91 Å². The van der Waals surface area contributed by atoms with Gasteiger partial charge < -0.3 is 15.0 Å². The highest BCUT2D eigenvalue weighted by atomic mass is 16.5. The summed E-state index contributed by atoms with van der Waals surface area (Å²) in [7, 11) is 0. The molecule has 0 saturated carbocycles. The molecule has 1 heterocycles. The van der Waals surface area contributed by atoms with Crippen LogP contribution in [-0.2, 0) is 4.79 Å². The molecule has 1 N–H and O–H groups in total. The van der Waals surface area contributed by atoms with Gasteiger partial charge in [-0.2, -0.15) is 0 Å². The summed E-state index contributed by atoms with van der Waals surface area (Å²) in [5, 5.41) is 3.36. The molecule has 0 aromatic heterocycles. The zero-order chi connectivity index (χ0) is 18.5. The predicted octanol–water partition coefficient (Wildman–Crippen LogP) is 4.67. The van der Waals surface area contributed by atoms with E-state index in [2.05, 4.69) is 31.3 Å². The third kappa shape index (κ3) is 4.01. The lowest BCUT2D eigenvalue weighted by molar-refractivity contribution is -0.121. The second-order valence-electron chi connectivity index (χ2n) is 7.02. The van der Waals surface area contributed by atoms with Crippen LogP contribution in [0.3, 0.4) is 0 Å². The Bertz CT molecular complexity index is 742. The Morgan fingerprint density at radius 3 is 2.65 bits per heavy atom. The van der Waals surface area contributed by atoms with Gasteiger partial charge in [0.15, 0.2) is 0 Å². The Balaban J connectivity index is 1.65. The van der Waals surface area contributed by atoms with E-state index < -0.39 is 0 Å². The highest BCUT2D eigenvalue weighted by molar-refractivity contribution is 5.99. The van der Waals surface area contributed by atoms with E-state index in [1.807, 2.05) is 48.2 Å². The zero-order valence-electron chi connectivity index (χ0n) is 15.9. The smallest absolute Gasteiger partial charge is 0.231 e. The third-order valence-electron chi connectivity index (χ3n) is 5.13. The molecular weight excluding hydrogens is 324 g/mol. The SMILES string of the molecule is CC[C@@H](C)c1ccc(OCCN2C(=O)[C@@H](C)CNc3ccccc32)cc1. The topological polar surface area (TPSA) is 41.6 Å². The van der Waals surface area contributed by atoms with E-state index in [0.29, 0.717) is 25.6 Å². The molecule has 0 aliphatic carbocycles. The minimum Gasteiger partial charge on any atom is -0.492 e. The summed E-state index contributed by atoms with van der Waals surface area (Å²) in [6.07, 6.45) is 1.13. The van der Waals surface area contributed by atoms with Crippen LogP contribution >= 0.6 is 0 Å². The Morgan fingerprint density at radius 1 is 1.19 bits per heavy atom. The second kappa shape index (κ2) is 8.26. The Hall–Kier alpha value is -2.49. The molecule has 0 fully saturated rings. The van der Waals surface area contributed by atoms with Crippen molar-refractivity contribution < 1.29 is 9.53 Å². The maximum absolute atomic E-state index is 12.7. The first-order chi connectivity index (χ1) is 12.6. The van der Waals surface area contributed by atoms with Crippen molar-refractivity contribution in [1.29, 1.82) is 0 Å². The minimum absolute atomic E-state index is 0.0581. The Morgan fingerprint density at radius 2 is 1.92 bits per heavy atom. The van der Waals surface area contributed by atoms with Crippen molar-refractivity contribution in [2.45, 2.75) is 33.1 Å². The summed E-state index contributed by atoms with van der Waals surface area (Å²) in [4.78, 5) is 14.6. The van der Waals surface area contributed by atoms with Crippen molar-refractivity contribution in [2.24, 2.45) is 5.92 Å². The van der Waals surface area contributed by atoms with Gasteiger partial charge in [-0.3, -0.25) is 4.79 Å². The van der Waals surface area contributed by atoms with Gasteiger partial charge in [-0.25, -0.2) is 0 Å². The molecule has 2 aromatic carbocycles. The average Bonchev–Trinajstić information content (AvgIpc) is 2.80. The van der Waals surface area contributed by atoms with E-state index in [1.165, 1.54) is 5.56 Å². The van der Waals surface area contributed by atoms with Crippen LogP contribution in [0.5, 0.6) is 5.75 Å². The number of carbonyl (C=O) groups is 1. The maximum atomic E-state index is 12.7. The molecule has 4 heteroatoms. The summed E-state index contributed by atoms with van der Waals surface area (Å²) in [5.41, 5.74) is 3.26. The van der Waals surface area contributed by atoms with Crippen molar-refractivity contribution >= 4 is 17.3 Å². The molecule has 2 atom stereocenters. The highest BCUT2D eigenvalue weighted by Gasteiger charge is 2.26. The highest BCUT2D eigenvalue weighted by Crippen LogP contribution is 2.30. The molecule has 1 aliphatic heterocycles. The molecule has 2 aromatic rings. The van der Waals surface area contributed by atoms with E-state index in [9.17, 15) is 4.79 Å². The predicted molar refractivity (Wildman–Crippen MR) is 107 cm³/mol. The number of amides is 1. The summed E-state index contributed by atoms with van der Waals surface area (Å²) in [6.45, 7) is 8.05. The number of hydrogen-bond acceptors (Lipinski definition) is 3. The number of anilines is 2. The van der Waals surface area contributed by atoms with Gasteiger partial charge in [-0.15, -0.1) is 0 Å². The average molecular weight is 352 g/mol. The van der Waals surface area contributed by atoms with Crippen molar-refractivity contribution in [2.75, 3.05) is 29.9 Å². The molecule has 3 rings (SSSR count). The fourth-order valence-electron chi connectivity index (χ4n) is 3.21. The fraction of sp³-hybridized carbons (Fsp3) is 0.409. The number of fused-ring (bicyclic) bond motifs is 1. The molecule has 4 nitrogen and oxygen atoms in total. The van der Waals surface area contributed by atoms with Crippen LogP contribution in [0.15, 0.2) is 48.5 Å². The molecule has 0 radical (unpaired) electrons. The van der Waals surface area contributed by atoms with Crippen LogP contribution < -0.4 is 15.0 Å². The first kappa shape index (κ1) is 18.3. The number of para-hydroxylation sites is 2. The monoisotopic (exact) mass is 352 g/mol. The number of hydrogen-bond donors (Lipinski definition) is 1. The number of ether oxygens (including phenoxy) is 1. The molecule has 0 unspecified atom stereocenters. The zero-order valence-corrected chi connectivity index (χ0v) is 15.9. The van der Waals surface area contributed by atoms with Crippen molar-refractivity contribution in [3.63, 3.8) is 0 Å². The molecule has 1 amide bonds. The van der Waals surface area contributed by atoms with Crippen LogP contribution in [0.25, 0.3) is 0 Å². The minimum atomic E-state index is -0.0581. The van der Waals surface area contributed by atoms with E-state index in [-0.39, 0.29) is 11.8 Å². The number of carbonyl (C=O) groups excluding carboxylic acids is 1.